The molecule has 0 amide bonds. The molecular formula is C11H10O3. The van der Waals surface area contributed by atoms with E-state index in [1.807, 2.05) is 0 Å². The Morgan fingerprint density at radius 3 is 2.57 bits per heavy atom. The van der Waals surface area contributed by atoms with E-state index in [1.165, 1.54) is 7.11 Å². The number of benzene rings is 1. The van der Waals surface area contributed by atoms with Crippen molar-refractivity contribution in [3.8, 4) is 0 Å². The number of allylic oxidation sites excluding steroid dienone is 1. The lowest BCUT2D eigenvalue weighted by Gasteiger charge is -1.93. The highest BCUT2D eigenvalue weighted by atomic mass is 16.5. The number of carbonyl (C=O) groups is 2. The molecule has 0 saturated heterocycles. The van der Waals surface area contributed by atoms with Crippen molar-refractivity contribution in [2.45, 2.75) is 0 Å². The standard InChI is InChI=1S/C11H10O3/c1-14-11(13)8-7-10(12)9-5-3-2-4-6-9/h2-8H,1H3/b8-7-/i7D. The number of methoxy groups -OCH3 is 1. The Kier molecular flexibility index (Phi) is 3.08. The molecule has 0 aliphatic rings. The van der Waals surface area contributed by atoms with Gasteiger partial charge in [-0.2, -0.15) is 0 Å². The molecule has 3 nitrogen and oxygen atoms in total. The molecule has 0 heterocycles. The van der Waals surface area contributed by atoms with Crippen LogP contribution in [-0.4, -0.2) is 18.9 Å². The van der Waals surface area contributed by atoms with Crippen molar-refractivity contribution < 1.29 is 15.7 Å². The number of esters is 1. The second-order valence-corrected chi connectivity index (χ2v) is 2.51. The van der Waals surface area contributed by atoms with Crippen molar-refractivity contribution >= 4 is 11.8 Å². The molecule has 0 unspecified atom stereocenters. The average Bonchev–Trinajstić information content (AvgIpc) is 2.29. The van der Waals surface area contributed by atoms with Crippen LogP contribution in [0, 0.1) is 0 Å². The number of ketones is 1. The molecule has 0 bridgehead atoms. The van der Waals surface area contributed by atoms with Crippen molar-refractivity contribution in [1.82, 2.24) is 0 Å². The molecule has 0 atom stereocenters. The van der Waals surface area contributed by atoms with Crippen LogP contribution in [0.2, 0.25) is 0 Å². The van der Waals surface area contributed by atoms with E-state index >= 15 is 0 Å². The lowest BCUT2D eigenvalue weighted by atomic mass is 10.1. The van der Waals surface area contributed by atoms with Gasteiger partial charge < -0.3 is 4.74 Å². The van der Waals surface area contributed by atoms with Gasteiger partial charge in [0, 0.05) is 11.6 Å². The summed E-state index contributed by atoms with van der Waals surface area (Å²) < 4.78 is 11.7. The minimum absolute atomic E-state index is 0.377. The smallest absolute Gasteiger partial charge is 0.330 e. The molecule has 0 N–H and O–H groups in total. The van der Waals surface area contributed by atoms with Gasteiger partial charge in [0.2, 0.25) is 0 Å². The van der Waals surface area contributed by atoms with Crippen LogP contribution in [0.25, 0.3) is 0 Å². The van der Waals surface area contributed by atoms with Gasteiger partial charge in [0.15, 0.2) is 5.78 Å². The van der Waals surface area contributed by atoms with E-state index in [9.17, 15) is 9.59 Å². The highest BCUT2D eigenvalue weighted by molar-refractivity contribution is 6.06. The molecule has 1 aromatic rings. The molecule has 72 valence electrons. The Bertz CT molecular complexity index is 396. The van der Waals surface area contributed by atoms with E-state index in [2.05, 4.69) is 4.74 Å². The Morgan fingerprint density at radius 2 is 2.00 bits per heavy atom. The van der Waals surface area contributed by atoms with Gasteiger partial charge in [0.25, 0.3) is 0 Å². The summed E-state index contributed by atoms with van der Waals surface area (Å²) in [6.45, 7) is 0. The Hall–Kier alpha value is -1.90. The summed E-state index contributed by atoms with van der Waals surface area (Å²) in [6, 6.07) is 7.94. The fraction of sp³-hybridized carbons (Fsp3) is 0.0909. The molecule has 3 heteroatoms. The van der Waals surface area contributed by atoms with Gasteiger partial charge in [-0.1, -0.05) is 30.3 Å². The average molecular weight is 191 g/mol. The topological polar surface area (TPSA) is 43.4 Å². The van der Waals surface area contributed by atoms with Gasteiger partial charge >= 0.3 is 5.97 Å². The summed E-state index contributed by atoms with van der Waals surface area (Å²) in [7, 11) is 1.19. The zero-order valence-electron chi connectivity index (χ0n) is 8.69. The molecule has 0 saturated carbocycles. The Labute approximate surface area is 83.4 Å². The van der Waals surface area contributed by atoms with Gasteiger partial charge in [-0.15, -0.1) is 0 Å². The highest BCUT2D eigenvalue weighted by Crippen LogP contribution is 2.00. The highest BCUT2D eigenvalue weighted by Gasteiger charge is 2.00. The second-order valence-electron chi connectivity index (χ2n) is 2.51. The van der Waals surface area contributed by atoms with Gasteiger partial charge in [0.05, 0.1) is 8.48 Å². The van der Waals surface area contributed by atoms with E-state index in [4.69, 9.17) is 1.37 Å². The van der Waals surface area contributed by atoms with Gasteiger partial charge in [-0.05, 0) is 6.05 Å². The Balaban J connectivity index is 2.87. The van der Waals surface area contributed by atoms with E-state index in [0.29, 0.717) is 5.56 Å². The molecule has 0 spiro atoms. The zero-order valence-corrected chi connectivity index (χ0v) is 7.69. The van der Waals surface area contributed by atoms with Gasteiger partial charge in [0.1, 0.15) is 0 Å². The summed E-state index contributed by atoms with van der Waals surface area (Å²) >= 11 is 0. The molecule has 0 fully saturated rings. The minimum atomic E-state index is -0.704. The fourth-order valence-corrected chi connectivity index (χ4v) is 0.856. The molecule has 0 aliphatic carbocycles. The molecule has 0 radical (unpaired) electrons. The first-order valence-corrected chi connectivity index (χ1v) is 4.01. The van der Waals surface area contributed by atoms with E-state index in [-0.39, 0.29) is 6.05 Å². The third kappa shape index (κ3) is 2.86. The Morgan fingerprint density at radius 1 is 1.36 bits per heavy atom. The molecule has 14 heavy (non-hydrogen) atoms. The number of ether oxygens (including phenoxy) is 1. The summed E-state index contributed by atoms with van der Waals surface area (Å²) in [5.74, 6) is -1.20. The molecule has 0 aromatic heterocycles. The molecule has 1 aromatic carbocycles. The van der Waals surface area contributed by atoms with Crippen LogP contribution in [0.4, 0.5) is 0 Å². The lowest BCUT2D eigenvalue weighted by molar-refractivity contribution is -0.134. The van der Waals surface area contributed by atoms with Crippen molar-refractivity contribution in [2.75, 3.05) is 7.11 Å². The van der Waals surface area contributed by atoms with E-state index < -0.39 is 11.8 Å². The van der Waals surface area contributed by atoms with Crippen LogP contribution in [0.1, 0.15) is 11.7 Å². The summed E-state index contributed by atoms with van der Waals surface area (Å²) in [6.07, 6.45) is 0.856. The summed E-state index contributed by atoms with van der Waals surface area (Å²) in [5.41, 5.74) is 0.377. The van der Waals surface area contributed by atoms with Crippen LogP contribution in [0.3, 0.4) is 0 Å². The first-order chi connectivity index (χ1) is 7.15. The SMILES string of the molecule is [2H]/C(=C/C(=O)OC)C(=O)c1ccccc1. The third-order valence-electron chi connectivity index (χ3n) is 1.56. The van der Waals surface area contributed by atoms with Crippen LogP contribution >= 0.6 is 0 Å². The van der Waals surface area contributed by atoms with Gasteiger partial charge in [-0.25, -0.2) is 4.79 Å². The first-order valence-electron chi connectivity index (χ1n) is 4.51. The maximum Gasteiger partial charge on any atom is 0.330 e. The molecule has 0 aliphatic heterocycles. The normalized spacial score (nSPS) is 11.8. The summed E-state index contributed by atoms with van der Waals surface area (Å²) in [5, 5.41) is 0. The fourth-order valence-electron chi connectivity index (χ4n) is 0.856. The maximum atomic E-state index is 11.5. The van der Waals surface area contributed by atoms with Crippen LogP contribution < -0.4 is 0 Å². The van der Waals surface area contributed by atoms with Crippen molar-refractivity contribution in [2.24, 2.45) is 0 Å². The first kappa shape index (κ1) is 8.69. The number of hydrogen-bond donors (Lipinski definition) is 0. The number of rotatable bonds is 3. The summed E-state index contributed by atoms with van der Waals surface area (Å²) in [4.78, 5) is 22.3. The van der Waals surface area contributed by atoms with Crippen molar-refractivity contribution in [3.05, 3.63) is 48.0 Å². The van der Waals surface area contributed by atoms with Gasteiger partial charge in [-0.3, -0.25) is 4.79 Å². The van der Waals surface area contributed by atoms with Crippen molar-refractivity contribution in [1.29, 1.82) is 0 Å². The van der Waals surface area contributed by atoms with Crippen LogP contribution in [0.5, 0.6) is 0 Å². The predicted molar refractivity (Wildman–Crippen MR) is 51.9 cm³/mol. The van der Waals surface area contributed by atoms with Crippen LogP contribution in [-0.2, 0) is 9.53 Å². The quantitative estimate of drug-likeness (QED) is 0.414. The largest absolute Gasteiger partial charge is 0.466 e. The van der Waals surface area contributed by atoms with E-state index in [0.717, 1.165) is 6.08 Å². The number of hydrogen-bond acceptors (Lipinski definition) is 3. The second kappa shape index (κ2) is 4.97. The third-order valence-corrected chi connectivity index (χ3v) is 1.56. The predicted octanol–water partition coefficient (Wildman–Crippen LogP) is 1.60. The monoisotopic (exact) mass is 191 g/mol. The number of carbonyl (C=O) groups excluding carboxylic acids is 2. The van der Waals surface area contributed by atoms with E-state index in [1.54, 1.807) is 30.3 Å². The maximum absolute atomic E-state index is 11.5. The zero-order chi connectivity index (χ0) is 11.3. The molecular weight excluding hydrogens is 180 g/mol. The minimum Gasteiger partial charge on any atom is -0.466 e. The lowest BCUT2D eigenvalue weighted by Crippen LogP contribution is -1.98. The van der Waals surface area contributed by atoms with Crippen LogP contribution in [0.15, 0.2) is 42.5 Å². The van der Waals surface area contributed by atoms with Crippen molar-refractivity contribution in [3.63, 3.8) is 0 Å². The molecule has 1 rings (SSSR count).